The Morgan fingerprint density at radius 1 is 1.41 bits per heavy atom. The molecule has 0 aliphatic heterocycles. The van der Waals surface area contributed by atoms with Crippen LogP contribution in [0.1, 0.15) is 37.8 Å². The largest absolute Gasteiger partial charge is 0.376 e. The van der Waals surface area contributed by atoms with Crippen molar-refractivity contribution >= 4 is 0 Å². The third kappa shape index (κ3) is 3.27. The van der Waals surface area contributed by atoms with Gasteiger partial charge < -0.3 is 10.1 Å². The molecule has 2 rings (SSSR count). The highest BCUT2D eigenvalue weighted by molar-refractivity contribution is 5.21. The van der Waals surface area contributed by atoms with Gasteiger partial charge in [-0.15, -0.1) is 0 Å². The number of benzene rings is 1. The average molecular weight is 237 g/mol. The first-order valence-electron chi connectivity index (χ1n) is 6.40. The summed E-state index contributed by atoms with van der Waals surface area (Å²) in [5.74, 6) is -0.157. The molecule has 1 aromatic carbocycles. The molecule has 1 unspecified atom stereocenters. The van der Waals surface area contributed by atoms with Gasteiger partial charge in [0.15, 0.2) is 0 Å². The van der Waals surface area contributed by atoms with Crippen LogP contribution < -0.4 is 5.32 Å². The van der Waals surface area contributed by atoms with Crippen LogP contribution in [-0.4, -0.2) is 19.3 Å². The number of halogens is 1. The maximum Gasteiger partial charge on any atom is 0.128 e. The Hall–Kier alpha value is -0.930. The predicted octanol–water partition coefficient (Wildman–Crippen LogP) is 3.05. The van der Waals surface area contributed by atoms with Crippen molar-refractivity contribution in [3.63, 3.8) is 0 Å². The van der Waals surface area contributed by atoms with Crippen molar-refractivity contribution in [3.05, 3.63) is 35.6 Å². The molecular formula is C14H20FNO. The molecule has 1 aliphatic carbocycles. The molecule has 1 atom stereocenters. The zero-order valence-electron chi connectivity index (χ0n) is 10.3. The van der Waals surface area contributed by atoms with E-state index in [0.717, 1.165) is 19.4 Å². The molecule has 1 saturated carbocycles. The maximum atomic E-state index is 13.7. The van der Waals surface area contributed by atoms with Crippen molar-refractivity contribution in [1.29, 1.82) is 0 Å². The number of ether oxygens (including phenoxy) is 1. The van der Waals surface area contributed by atoms with Gasteiger partial charge in [-0.25, -0.2) is 4.39 Å². The molecule has 1 N–H and O–H groups in total. The first-order valence-corrected chi connectivity index (χ1v) is 6.40. The van der Waals surface area contributed by atoms with Crippen molar-refractivity contribution < 1.29 is 9.13 Å². The highest BCUT2D eigenvalue weighted by Crippen LogP contribution is 2.24. The van der Waals surface area contributed by atoms with Gasteiger partial charge in [0, 0.05) is 5.56 Å². The lowest BCUT2D eigenvalue weighted by Gasteiger charge is -2.28. The van der Waals surface area contributed by atoms with E-state index >= 15 is 0 Å². The standard InChI is InChI=1S/C14H20FNO/c1-2-16-14(10-17-11-6-5-7-11)12-8-3-4-9-13(12)15/h3-4,8-9,11,14,16H,2,5-7,10H2,1H3. The lowest BCUT2D eigenvalue weighted by molar-refractivity contribution is -0.00898. The predicted molar refractivity (Wildman–Crippen MR) is 66.4 cm³/mol. The van der Waals surface area contributed by atoms with Crippen molar-refractivity contribution in [2.75, 3.05) is 13.2 Å². The van der Waals surface area contributed by atoms with Gasteiger partial charge in [0.05, 0.1) is 18.8 Å². The Balaban J connectivity index is 1.97. The fourth-order valence-corrected chi connectivity index (χ4v) is 2.03. The first kappa shape index (κ1) is 12.5. The zero-order valence-corrected chi connectivity index (χ0v) is 10.3. The normalized spacial score (nSPS) is 17.8. The van der Waals surface area contributed by atoms with Gasteiger partial charge in [0.25, 0.3) is 0 Å². The second kappa shape index (κ2) is 6.12. The van der Waals surface area contributed by atoms with E-state index in [4.69, 9.17) is 4.74 Å². The van der Waals surface area contributed by atoms with E-state index in [1.165, 1.54) is 12.5 Å². The molecule has 1 aliphatic rings. The number of hydrogen-bond acceptors (Lipinski definition) is 2. The van der Waals surface area contributed by atoms with Gasteiger partial charge in [-0.2, -0.15) is 0 Å². The summed E-state index contributed by atoms with van der Waals surface area (Å²) in [6, 6.07) is 6.87. The minimum absolute atomic E-state index is 0.0400. The number of hydrogen-bond donors (Lipinski definition) is 1. The molecule has 3 heteroatoms. The van der Waals surface area contributed by atoms with Gasteiger partial charge in [0.2, 0.25) is 0 Å². The minimum Gasteiger partial charge on any atom is -0.376 e. The first-order chi connectivity index (χ1) is 8.31. The van der Waals surface area contributed by atoms with Gasteiger partial charge in [-0.05, 0) is 31.9 Å². The Bertz CT molecular complexity index is 352. The van der Waals surface area contributed by atoms with Crippen molar-refractivity contribution in [2.24, 2.45) is 0 Å². The van der Waals surface area contributed by atoms with Crippen LogP contribution in [0, 0.1) is 5.82 Å². The highest BCUT2D eigenvalue weighted by Gasteiger charge is 2.21. The Labute approximate surface area is 102 Å². The van der Waals surface area contributed by atoms with Crippen molar-refractivity contribution in [1.82, 2.24) is 5.32 Å². The molecule has 2 nitrogen and oxygen atoms in total. The van der Waals surface area contributed by atoms with Crippen LogP contribution in [0.3, 0.4) is 0 Å². The van der Waals surface area contributed by atoms with Crippen molar-refractivity contribution in [2.45, 2.75) is 38.3 Å². The second-order valence-electron chi connectivity index (χ2n) is 4.52. The summed E-state index contributed by atoms with van der Waals surface area (Å²) >= 11 is 0. The fourth-order valence-electron chi connectivity index (χ4n) is 2.03. The van der Waals surface area contributed by atoms with Gasteiger partial charge in [0.1, 0.15) is 5.82 Å². The summed E-state index contributed by atoms with van der Waals surface area (Å²) in [6.45, 7) is 3.39. The molecule has 1 aromatic rings. The SMILES string of the molecule is CCNC(COC1CCC1)c1ccccc1F. The molecular weight excluding hydrogens is 217 g/mol. The lowest BCUT2D eigenvalue weighted by Crippen LogP contribution is -2.30. The quantitative estimate of drug-likeness (QED) is 0.821. The maximum absolute atomic E-state index is 13.7. The fraction of sp³-hybridized carbons (Fsp3) is 0.571. The summed E-state index contributed by atoms with van der Waals surface area (Å²) in [6.07, 6.45) is 3.95. The van der Waals surface area contributed by atoms with Crippen LogP contribution in [0.2, 0.25) is 0 Å². The number of rotatable bonds is 6. The molecule has 94 valence electrons. The topological polar surface area (TPSA) is 21.3 Å². The van der Waals surface area contributed by atoms with E-state index in [9.17, 15) is 4.39 Å². The molecule has 0 heterocycles. The number of likely N-dealkylation sites (N-methyl/N-ethyl adjacent to an activating group) is 1. The van der Waals surface area contributed by atoms with Gasteiger partial charge in [-0.1, -0.05) is 25.1 Å². The summed E-state index contributed by atoms with van der Waals surface area (Å²) < 4.78 is 19.5. The van der Waals surface area contributed by atoms with E-state index < -0.39 is 0 Å². The minimum atomic E-state index is -0.157. The average Bonchev–Trinajstić information content (AvgIpc) is 2.26. The van der Waals surface area contributed by atoms with Crippen LogP contribution in [-0.2, 0) is 4.74 Å². The van der Waals surface area contributed by atoms with Crippen molar-refractivity contribution in [3.8, 4) is 0 Å². The van der Waals surface area contributed by atoms with E-state index in [2.05, 4.69) is 5.32 Å². The van der Waals surface area contributed by atoms with E-state index in [0.29, 0.717) is 18.3 Å². The third-order valence-corrected chi connectivity index (χ3v) is 3.28. The molecule has 0 bridgehead atoms. The summed E-state index contributed by atoms with van der Waals surface area (Å²) in [5, 5.41) is 3.28. The van der Waals surface area contributed by atoms with Gasteiger partial charge >= 0.3 is 0 Å². The molecule has 0 saturated heterocycles. The summed E-state index contributed by atoms with van der Waals surface area (Å²) in [4.78, 5) is 0. The summed E-state index contributed by atoms with van der Waals surface area (Å²) in [7, 11) is 0. The smallest absolute Gasteiger partial charge is 0.128 e. The molecule has 1 fully saturated rings. The van der Waals surface area contributed by atoms with E-state index in [1.54, 1.807) is 6.07 Å². The van der Waals surface area contributed by atoms with Crippen LogP contribution in [0.5, 0.6) is 0 Å². The Morgan fingerprint density at radius 3 is 2.76 bits per heavy atom. The third-order valence-electron chi connectivity index (χ3n) is 3.28. The van der Waals surface area contributed by atoms with Crippen LogP contribution in [0.15, 0.2) is 24.3 Å². The molecule has 17 heavy (non-hydrogen) atoms. The molecule has 0 spiro atoms. The molecule has 0 amide bonds. The number of nitrogens with one attached hydrogen (secondary N) is 1. The second-order valence-corrected chi connectivity index (χ2v) is 4.52. The van der Waals surface area contributed by atoms with E-state index in [1.807, 2.05) is 19.1 Å². The monoisotopic (exact) mass is 237 g/mol. The van der Waals surface area contributed by atoms with Gasteiger partial charge in [-0.3, -0.25) is 0 Å². The van der Waals surface area contributed by atoms with Crippen LogP contribution in [0.25, 0.3) is 0 Å². The summed E-state index contributed by atoms with van der Waals surface area (Å²) in [5.41, 5.74) is 0.702. The van der Waals surface area contributed by atoms with Crippen LogP contribution >= 0.6 is 0 Å². The van der Waals surface area contributed by atoms with E-state index in [-0.39, 0.29) is 11.9 Å². The lowest BCUT2D eigenvalue weighted by atomic mass is 9.96. The molecule has 0 aromatic heterocycles. The Kier molecular flexibility index (Phi) is 4.51. The van der Waals surface area contributed by atoms with Crippen LogP contribution in [0.4, 0.5) is 4.39 Å². The Morgan fingerprint density at radius 2 is 2.18 bits per heavy atom. The molecule has 0 radical (unpaired) electrons. The highest BCUT2D eigenvalue weighted by atomic mass is 19.1. The zero-order chi connectivity index (χ0) is 12.1.